The van der Waals surface area contributed by atoms with Gasteiger partial charge in [0.25, 0.3) is 0 Å². The third kappa shape index (κ3) is 8.06. The molecule has 0 atom stereocenters. The zero-order valence-corrected chi connectivity index (χ0v) is 12.9. The molecule has 1 aliphatic rings. The molecule has 122 valence electrons. The number of carbonyl (C=O) groups is 1. The SMILES string of the molecule is CN(C/C=C/C(=O)N(C)CCN(C)C1CC1)CC(F)(F)F. The van der Waals surface area contributed by atoms with E-state index >= 15 is 0 Å². The zero-order chi connectivity index (χ0) is 16.0. The number of hydrogen-bond donors (Lipinski definition) is 0. The van der Waals surface area contributed by atoms with Crippen LogP contribution in [0.3, 0.4) is 0 Å². The van der Waals surface area contributed by atoms with E-state index in [1.54, 1.807) is 11.9 Å². The summed E-state index contributed by atoms with van der Waals surface area (Å²) in [5.74, 6) is -0.181. The Kier molecular flexibility index (Phi) is 6.67. The summed E-state index contributed by atoms with van der Waals surface area (Å²) in [5.41, 5.74) is 0. The van der Waals surface area contributed by atoms with Crippen LogP contribution in [0.1, 0.15) is 12.8 Å². The van der Waals surface area contributed by atoms with Gasteiger partial charge in [0.05, 0.1) is 6.54 Å². The van der Waals surface area contributed by atoms with Crippen molar-refractivity contribution in [2.75, 3.05) is 47.3 Å². The van der Waals surface area contributed by atoms with Crippen molar-refractivity contribution in [2.24, 2.45) is 0 Å². The Bertz CT molecular complexity index is 367. The van der Waals surface area contributed by atoms with Gasteiger partial charge in [-0.15, -0.1) is 0 Å². The molecule has 1 fully saturated rings. The van der Waals surface area contributed by atoms with Gasteiger partial charge in [-0.1, -0.05) is 6.08 Å². The monoisotopic (exact) mass is 307 g/mol. The molecule has 7 heteroatoms. The van der Waals surface area contributed by atoms with E-state index in [4.69, 9.17) is 0 Å². The van der Waals surface area contributed by atoms with Crippen molar-refractivity contribution < 1.29 is 18.0 Å². The van der Waals surface area contributed by atoms with Crippen molar-refractivity contribution in [1.29, 1.82) is 0 Å². The fourth-order valence-electron chi connectivity index (χ4n) is 1.95. The normalized spacial score (nSPS) is 16.2. The van der Waals surface area contributed by atoms with Gasteiger partial charge in [-0.2, -0.15) is 13.2 Å². The average Bonchev–Trinajstić information content (AvgIpc) is 3.17. The Labute approximate surface area is 124 Å². The second-order valence-corrected chi connectivity index (χ2v) is 5.69. The molecule has 0 aliphatic heterocycles. The lowest BCUT2D eigenvalue weighted by Crippen LogP contribution is -2.35. The number of likely N-dealkylation sites (N-methyl/N-ethyl adjacent to an activating group) is 3. The molecule has 0 N–H and O–H groups in total. The number of hydrogen-bond acceptors (Lipinski definition) is 3. The molecule has 0 saturated heterocycles. The molecule has 0 aromatic rings. The van der Waals surface area contributed by atoms with Crippen LogP contribution in [-0.4, -0.2) is 80.1 Å². The van der Waals surface area contributed by atoms with Crippen LogP contribution in [0.4, 0.5) is 13.2 Å². The third-order valence-electron chi connectivity index (χ3n) is 3.46. The maximum atomic E-state index is 12.1. The Hall–Kier alpha value is -1.08. The Morgan fingerprint density at radius 3 is 2.33 bits per heavy atom. The van der Waals surface area contributed by atoms with E-state index in [0.29, 0.717) is 12.6 Å². The first kappa shape index (κ1) is 18.0. The highest BCUT2D eigenvalue weighted by Gasteiger charge is 2.28. The standard InChI is InChI=1S/C14H24F3N3O/c1-18(11-14(15,16)17)8-4-5-13(21)20(3)10-9-19(2)12-6-7-12/h4-5,12H,6-11H2,1-3H3/b5-4+. The first-order valence-corrected chi connectivity index (χ1v) is 7.06. The van der Waals surface area contributed by atoms with Gasteiger partial charge in [0.2, 0.25) is 5.91 Å². The second kappa shape index (κ2) is 7.79. The summed E-state index contributed by atoms with van der Waals surface area (Å²) in [4.78, 5) is 16.7. The summed E-state index contributed by atoms with van der Waals surface area (Å²) in [6.07, 6.45) is 1.04. The van der Waals surface area contributed by atoms with Crippen molar-refractivity contribution in [1.82, 2.24) is 14.7 Å². The maximum absolute atomic E-state index is 12.1. The van der Waals surface area contributed by atoms with Gasteiger partial charge in [0.1, 0.15) is 0 Å². The summed E-state index contributed by atoms with van der Waals surface area (Å²) < 4.78 is 36.4. The van der Waals surface area contributed by atoms with Crippen LogP contribution in [-0.2, 0) is 4.79 Å². The van der Waals surface area contributed by atoms with E-state index in [2.05, 4.69) is 4.90 Å². The molecule has 1 saturated carbocycles. The minimum absolute atomic E-state index is 0.0983. The number of rotatable bonds is 8. The van der Waals surface area contributed by atoms with Gasteiger partial charge < -0.3 is 9.80 Å². The highest BCUT2D eigenvalue weighted by molar-refractivity contribution is 5.87. The van der Waals surface area contributed by atoms with Crippen molar-refractivity contribution >= 4 is 5.91 Å². The van der Waals surface area contributed by atoms with Crippen LogP contribution in [0.2, 0.25) is 0 Å². The number of alkyl halides is 3. The number of halogens is 3. The highest BCUT2D eigenvalue weighted by atomic mass is 19.4. The Morgan fingerprint density at radius 1 is 1.19 bits per heavy atom. The number of nitrogens with zero attached hydrogens (tertiary/aromatic N) is 3. The van der Waals surface area contributed by atoms with E-state index in [1.165, 1.54) is 32.0 Å². The van der Waals surface area contributed by atoms with E-state index in [-0.39, 0.29) is 12.5 Å². The molecule has 0 bridgehead atoms. The zero-order valence-electron chi connectivity index (χ0n) is 12.9. The quantitative estimate of drug-likeness (QED) is 0.637. The minimum Gasteiger partial charge on any atom is -0.341 e. The molecule has 1 amide bonds. The molecule has 1 aliphatic carbocycles. The molecule has 0 aromatic heterocycles. The van der Waals surface area contributed by atoms with Gasteiger partial charge in [-0.3, -0.25) is 9.69 Å². The van der Waals surface area contributed by atoms with E-state index in [9.17, 15) is 18.0 Å². The minimum atomic E-state index is -4.21. The lowest BCUT2D eigenvalue weighted by Gasteiger charge is -2.21. The van der Waals surface area contributed by atoms with Crippen LogP contribution < -0.4 is 0 Å². The topological polar surface area (TPSA) is 26.8 Å². The lowest BCUT2D eigenvalue weighted by molar-refractivity contribution is -0.141. The van der Waals surface area contributed by atoms with E-state index < -0.39 is 12.7 Å². The summed E-state index contributed by atoms with van der Waals surface area (Å²) >= 11 is 0. The van der Waals surface area contributed by atoms with Crippen molar-refractivity contribution in [2.45, 2.75) is 25.1 Å². The lowest BCUT2D eigenvalue weighted by atomic mass is 10.4. The third-order valence-corrected chi connectivity index (χ3v) is 3.46. The fraction of sp³-hybridized carbons (Fsp3) is 0.786. The Balaban J connectivity index is 2.22. The number of amides is 1. The molecule has 0 spiro atoms. The van der Waals surface area contributed by atoms with Gasteiger partial charge in [-0.25, -0.2) is 0 Å². The van der Waals surface area contributed by atoms with Gasteiger partial charge in [0.15, 0.2) is 0 Å². The molecular weight excluding hydrogens is 283 g/mol. The van der Waals surface area contributed by atoms with Crippen molar-refractivity contribution in [3.05, 3.63) is 12.2 Å². The second-order valence-electron chi connectivity index (χ2n) is 5.69. The average molecular weight is 307 g/mol. The van der Waals surface area contributed by atoms with E-state index in [0.717, 1.165) is 11.4 Å². The first-order valence-electron chi connectivity index (χ1n) is 7.06. The smallest absolute Gasteiger partial charge is 0.341 e. The molecule has 0 unspecified atom stereocenters. The van der Waals surface area contributed by atoms with Crippen LogP contribution in [0.25, 0.3) is 0 Å². The molecule has 0 heterocycles. The first-order chi connectivity index (χ1) is 9.69. The molecule has 1 rings (SSSR count). The molecule has 0 aromatic carbocycles. The van der Waals surface area contributed by atoms with E-state index in [1.807, 2.05) is 7.05 Å². The van der Waals surface area contributed by atoms with Crippen LogP contribution >= 0.6 is 0 Å². The molecule has 4 nitrogen and oxygen atoms in total. The van der Waals surface area contributed by atoms with Crippen LogP contribution in [0.15, 0.2) is 12.2 Å². The maximum Gasteiger partial charge on any atom is 0.401 e. The largest absolute Gasteiger partial charge is 0.401 e. The predicted octanol–water partition coefficient (Wildman–Crippen LogP) is 1.59. The molecular formula is C14H24F3N3O. The summed E-state index contributed by atoms with van der Waals surface area (Å²) in [5, 5.41) is 0. The summed E-state index contributed by atoms with van der Waals surface area (Å²) in [7, 11) is 5.11. The van der Waals surface area contributed by atoms with Gasteiger partial charge in [-0.05, 0) is 26.9 Å². The Morgan fingerprint density at radius 2 is 1.81 bits per heavy atom. The number of carbonyl (C=O) groups excluding carboxylic acids is 1. The van der Waals surface area contributed by atoms with Crippen molar-refractivity contribution in [3.63, 3.8) is 0 Å². The van der Waals surface area contributed by atoms with Crippen molar-refractivity contribution in [3.8, 4) is 0 Å². The molecule has 0 radical (unpaired) electrons. The summed E-state index contributed by atoms with van der Waals surface area (Å²) in [6, 6.07) is 0.653. The molecule has 21 heavy (non-hydrogen) atoms. The van der Waals surface area contributed by atoms with Crippen LogP contribution in [0.5, 0.6) is 0 Å². The van der Waals surface area contributed by atoms with Crippen LogP contribution in [0, 0.1) is 0 Å². The predicted molar refractivity (Wildman–Crippen MR) is 76.0 cm³/mol. The summed E-state index contributed by atoms with van der Waals surface area (Å²) in [6.45, 7) is 0.553. The highest BCUT2D eigenvalue weighted by Crippen LogP contribution is 2.24. The van der Waals surface area contributed by atoms with Gasteiger partial charge in [0, 0.05) is 38.8 Å². The fourth-order valence-corrected chi connectivity index (χ4v) is 1.95. The van der Waals surface area contributed by atoms with Gasteiger partial charge >= 0.3 is 6.18 Å².